The average Bonchev–Trinajstić information content (AvgIpc) is 2.28. The number of nitrogens with zero attached hydrogens (tertiary/aromatic N) is 1. The molecule has 1 amide bonds. The highest BCUT2D eigenvalue weighted by molar-refractivity contribution is 5.67. The number of nitro groups is 1. The normalized spacial score (nSPS) is 10.8. The number of rotatable bonds is 4. The van der Waals surface area contributed by atoms with Gasteiger partial charge in [-0.3, -0.25) is 15.5 Å². The molecule has 7 nitrogen and oxygen atoms in total. The van der Waals surface area contributed by atoms with Gasteiger partial charge in [0.15, 0.2) is 0 Å². The molecule has 7 heteroatoms. The third-order valence-electron chi connectivity index (χ3n) is 2.35. The average molecular weight is 253 g/mol. The molecule has 1 rings (SSSR count). The van der Waals surface area contributed by atoms with Crippen molar-refractivity contribution < 1.29 is 14.5 Å². The lowest BCUT2D eigenvalue weighted by atomic mass is 9.98. The molecule has 0 aliphatic heterocycles. The summed E-state index contributed by atoms with van der Waals surface area (Å²) in [6.45, 7) is 3.40. The van der Waals surface area contributed by atoms with Gasteiger partial charge in [-0.15, -0.1) is 0 Å². The highest BCUT2D eigenvalue weighted by Crippen LogP contribution is 2.26. The molecule has 0 unspecified atom stereocenters. The molecule has 0 heterocycles. The van der Waals surface area contributed by atoms with Crippen molar-refractivity contribution in [3.8, 4) is 0 Å². The highest BCUT2D eigenvalue weighted by Gasteiger charge is 2.25. The van der Waals surface area contributed by atoms with Gasteiger partial charge in [0.05, 0.1) is 4.92 Å². The minimum absolute atomic E-state index is 0.00535. The zero-order valence-electron chi connectivity index (χ0n) is 10.4. The number of carbonyl (C=O) groups excluding carboxylic acids is 1. The van der Waals surface area contributed by atoms with E-state index in [1.54, 1.807) is 33.0 Å². The van der Waals surface area contributed by atoms with Crippen LogP contribution in [0.1, 0.15) is 19.4 Å². The smallest absolute Gasteiger partial charge is 0.422 e. The summed E-state index contributed by atoms with van der Waals surface area (Å²) in [6.07, 6.45) is -0.624. The van der Waals surface area contributed by atoms with Gasteiger partial charge >= 0.3 is 6.09 Å². The molecule has 0 aliphatic carbocycles. The minimum atomic E-state index is -0.879. The molecule has 0 atom stereocenters. The van der Waals surface area contributed by atoms with Crippen molar-refractivity contribution in [1.82, 2.24) is 10.9 Å². The fourth-order valence-corrected chi connectivity index (χ4v) is 1.40. The molecule has 0 fully saturated rings. The van der Waals surface area contributed by atoms with Gasteiger partial charge < -0.3 is 4.74 Å². The first-order chi connectivity index (χ1) is 8.36. The Kier molecular flexibility index (Phi) is 4.22. The molecule has 2 N–H and O–H groups in total. The summed E-state index contributed by atoms with van der Waals surface area (Å²) in [7, 11) is 1.54. The predicted octanol–water partition coefficient (Wildman–Crippen LogP) is 1.69. The van der Waals surface area contributed by atoms with Crippen LogP contribution in [0.4, 0.5) is 10.5 Å². The quantitative estimate of drug-likeness (QED) is 0.629. The number of hydrogen-bond donors (Lipinski definition) is 2. The van der Waals surface area contributed by atoms with Gasteiger partial charge in [0.1, 0.15) is 5.60 Å². The molecular weight excluding hydrogens is 238 g/mol. The number of carbonyl (C=O) groups is 1. The van der Waals surface area contributed by atoms with Crippen molar-refractivity contribution >= 4 is 11.8 Å². The Labute approximate surface area is 104 Å². The van der Waals surface area contributed by atoms with Gasteiger partial charge in [-0.2, -0.15) is 0 Å². The van der Waals surface area contributed by atoms with Gasteiger partial charge in [-0.25, -0.2) is 10.2 Å². The van der Waals surface area contributed by atoms with Crippen LogP contribution in [0.2, 0.25) is 0 Å². The van der Waals surface area contributed by atoms with E-state index < -0.39 is 16.6 Å². The number of benzene rings is 1. The van der Waals surface area contributed by atoms with Gasteiger partial charge in [-0.1, -0.05) is 0 Å². The first kappa shape index (κ1) is 13.9. The molecule has 0 spiro atoms. The summed E-state index contributed by atoms with van der Waals surface area (Å²) < 4.78 is 5.18. The second kappa shape index (κ2) is 5.46. The van der Waals surface area contributed by atoms with Crippen LogP contribution in [0.15, 0.2) is 24.3 Å². The third-order valence-corrected chi connectivity index (χ3v) is 2.35. The largest absolute Gasteiger partial charge is 0.438 e. The summed E-state index contributed by atoms with van der Waals surface area (Å²) in [6, 6.07) is 5.86. The number of amides is 1. The van der Waals surface area contributed by atoms with E-state index in [0.717, 1.165) is 0 Å². The Hall–Kier alpha value is -2.15. The van der Waals surface area contributed by atoms with E-state index in [9.17, 15) is 14.9 Å². The maximum atomic E-state index is 11.3. The maximum Gasteiger partial charge on any atom is 0.422 e. The molecule has 18 heavy (non-hydrogen) atoms. The Morgan fingerprint density at radius 1 is 1.33 bits per heavy atom. The van der Waals surface area contributed by atoms with Crippen LogP contribution >= 0.6 is 0 Å². The Bertz CT molecular complexity index is 442. The first-order valence-electron chi connectivity index (χ1n) is 5.27. The SMILES string of the molecule is CNNC(=O)OC(C)(C)c1ccc([N+](=O)[O-])cc1. The standard InChI is InChI=1S/C11H15N3O4/c1-11(2,18-10(15)13-12-3)8-4-6-9(7-5-8)14(16)17/h4-7,12H,1-3H3,(H,13,15). The Morgan fingerprint density at radius 3 is 2.33 bits per heavy atom. The molecule has 0 saturated heterocycles. The van der Waals surface area contributed by atoms with Crippen LogP contribution in [0.25, 0.3) is 0 Å². The maximum absolute atomic E-state index is 11.3. The van der Waals surface area contributed by atoms with Crippen molar-refractivity contribution in [2.45, 2.75) is 19.4 Å². The van der Waals surface area contributed by atoms with Gasteiger partial charge in [0, 0.05) is 19.2 Å². The summed E-state index contributed by atoms with van der Waals surface area (Å²) in [5, 5.41) is 10.5. The minimum Gasteiger partial charge on any atom is -0.438 e. The Balaban J connectivity index is 2.84. The molecule has 0 aromatic heterocycles. The van der Waals surface area contributed by atoms with E-state index in [-0.39, 0.29) is 5.69 Å². The number of ether oxygens (including phenoxy) is 1. The predicted molar refractivity (Wildman–Crippen MR) is 64.8 cm³/mol. The molecule has 0 radical (unpaired) electrons. The van der Waals surface area contributed by atoms with Gasteiger partial charge in [0.2, 0.25) is 0 Å². The number of hydrazine groups is 1. The van der Waals surface area contributed by atoms with Crippen LogP contribution in [0, 0.1) is 10.1 Å². The van der Waals surface area contributed by atoms with Crippen LogP contribution in [-0.2, 0) is 10.3 Å². The molecule has 98 valence electrons. The highest BCUT2D eigenvalue weighted by atomic mass is 16.6. The summed E-state index contributed by atoms with van der Waals surface area (Å²) in [4.78, 5) is 21.3. The lowest BCUT2D eigenvalue weighted by Gasteiger charge is -2.25. The molecule has 1 aromatic carbocycles. The lowest BCUT2D eigenvalue weighted by Crippen LogP contribution is -2.39. The third kappa shape index (κ3) is 3.42. The number of nitrogens with one attached hydrogen (secondary N) is 2. The zero-order chi connectivity index (χ0) is 13.8. The first-order valence-corrected chi connectivity index (χ1v) is 5.27. The molecule has 0 saturated carbocycles. The number of nitro benzene ring substituents is 1. The van der Waals surface area contributed by atoms with E-state index >= 15 is 0 Å². The van der Waals surface area contributed by atoms with Gasteiger partial charge in [-0.05, 0) is 31.5 Å². The second-order valence-corrected chi connectivity index (χ2v) is 4.08. The summed E-state index contributed by atoms with van der Waals surface area (Å²) in [5.74, 6) is 0. The molecule has 0 bridgehead atoms. The van der Waals surface area contributed by atoms with Crippen LogP contribution in [-0.4, -0.2) is 18.1 Å². The van der Waals surface area contributed by atoms with Crippen molar-refractivity contribution in [3.63, 3.8) is 0 Å². The monoisotopic (exact) mass is 253 g/mol. The topological polar surface area (TPSA) is 93.5 Å². The van der Waals surface area contributed by atoms with E-state index in [0.29, 0.717) is 5.56 Å². The van der Waals surface area contributed by atoms with Crippen molar-refractivity contribution in [1.29, 1.82) is 0 Å². The van der Waals surface area contributed by atoms with Gasteiger partial charge in [0.25, 0.3) is 5.69 Å². The van der Waals surface area contributed by atoms with Crippen molar-refractivity contribution in [2.75, 3.05) is 7.05 Å². The molecular formula is C11H15N3O4. The van der Waals surface area contributed by atoms with Crippen molar-refractivity contribution in [2.24, 2.45) is 0 Å². The lowest BCUT2D eigenvalue weighted by molar-refractivity contribution is -0.384. The Morgan fingerprint density at radius 2 is 1.89 bits per heavy atom. The van der Waals surface area contributed by atoms with Crippen LogP contribution < -0.4 is 10.9 Å². The fraction of sp³-hybridized carbons (Fsp3) is 0.364. The van der Waals surface area contributed by atoms with Crippen molar-refractivity contribution in [3.05, 3.63) is 39.9 Å². The number of hydrogen-bond acceptors (Lipinski definition) is 5. The van der Waals surface area contributed by atoms with E-state index in [4.69, 9.17) is 4.74 Å². The zero-order valence-corrected chi connectivity index (χ0v) is 10.4. The van der Waals surface area contributed by atoms with E-state index in [2.05, 4.69) is 10.9 Å². The fourth-order valence-electron chi connectivity index (χ4n) is 1.40. The number of non-ortho nitro benzene ring substituents is 1. The summed E-state index contributed by atoms with van der Waals surface area (Å²) >= 11 is 0. The summed E-state index contributed by atoms with van der Waals surface area (Å²) in [5.41, 5.74) is 4.52. The second-order valence-electron chi connectivity index (χ2n) is 4.08. The van der Waals surface area contributed by atoms with E-state index in [1.807, 2.05) is 0 Å². The van der Waals surface area contributed by atoms with Crippen LogP contribution in [0.3, 0.4) is 0 Å². The molecule has 0 aliphatic rings. The van der Waals surface area contributed by atoms with Crippen LogP contribution in [0.5, 0.6) is 0 Å². The molecule has 1 aromatic rings. The van der Waals surface area contributed by atoms with E-state index in [1.165, 1.54) is 12.1 Å².